The van der Waals surface area contributed by atoms with E-state index in [1.165, 1.54) is 24.8 Å². The molecule has 1 aliphatic rings. The van der Waals surface area contributed by atoms with Crippen LogP contribution in [-0.2, 0) is 13.0 Å². The molecule has 0 saturated heterocycles. The molecule has 1 saturated carbocycles. The zero-order valence-electron chi connectivity index (χ0n) is 11.2. The van der Waals surface area contributed by atoms with Gasteiger partial charge in [-0.2, -0.15) is 0 Å². The maximum atomic E-state index is 4.59. The summed E-state index contributed by atoms with van der Waals surface area (Å²) >= 11 is 0. The summed E-state index contributed by atoms with van der Waals surface area (Å²) < 4.78 is 0. The van der Waals surface area contributed by atoms with Crippen molar-refractivity contribution >= 4 is 0 Å². The number of rotatable bonds is 6. The summed E-state index contributed by atoms with van der Waals surface area (Å²) in [5, 5.41) is 3.50. The van der Waals surface area contributed by atoms with Crippen molar-refractivity contribution in [1.82, 2.24) is 15.3 Å². The van der Waals surface area contributed by atoms with Crippen LogP contribution in [0.1, 0.15) is 50.2 Å². The average molecular weight is 233 g/mol. The first-order chi connectivity index (χ1) is 8.15. The smallest absolute Gasteiger partial charge is 0.128 e. The van der Waals surface area contributed by atoms with Gasteiger partial charge >= 0.3 is 0 Å². The molecule has 3 heteroatoms. The van der Waals surface area contributed by atoms with Gasteiger partial charge in [-0.1, -0.05) is 13.8 Å². The fraction of sp³-hybridized carbons (Fsp3) is 0.714. The molecule has 2 rings (SSSR count). The van der Waals surface area contributed by atoms with Crippen LogP contribution in [0.15, 0.2) is 6.20 Å². The van der Waals surface area contributed by atoms with Gasteiger partial charge in [0.05, 0.1) is 0 Å². The largest absolute Gasteiger partial charge is 0.310 e. The second-order valence-electron chi connectivity index (χ2n) is 5.48. The normalized spacial score (nSPS) is 15.5. The molecule has 1 aromatic heterocycles. The van der Waals surface area contributed by atoms with E-state index in [0.29, 0.717) is 0 Å². The molecule has 1 heterocycles. The number of hydrogen-bond donors (Lipinski definition) is 1. The highest BCUT2D eigenvalue weighted by molar-refractivity contribution is 5.16. The lowest BCUT2D eigenvalue weighted by Crippen LogP contribution is -2.17. The van der Waals surface area contributed by atoms with Crippen LogP contribution in [0.5, 0.6) is 0 Å². The number of aromatic nitrogens is 2. The minimum absolute atomic E-state index is 0.718. The molecule has 0 amide bonds. The molecule has 0 bridgehead atoms. The van der Waals surface area contributed by atoms with Gasteiger partial charge in [0.2, 0.25) is 0 Å². The summed E-state index contributed by atoms with van der Waals surface area (Å²) in [6.07, 6.45) is 6.81. The fourth-order valence-corrected chi connectivity index (χ4v) is 1.79. The van der Waals surface area contributed by atoms with Crippen molar-refractivity contribution < 1.29 is 0 Å². The molecule has 1 fully saturated rings. The summed E-state index contributed by atoms with van der Waals surface area (Å²) in [5.74, 6) is 1.71. The van der Waals surface area contributed by atoms with Crippen molar-refractivity contribution in [3.8, 4) is 0 Å². The first-order valence-corrected chi connectivity index (χ1v) is 6.70. The lowest BCUT2D eigenvalue weighted by Gasteiger charge is -2.08. The van der Waals surface area contributed by atoms with Crippen LogP contribution in [0.2, 0.25) is 0 Å². The van der Waals surface area contributed by atoms with Gasteiger partial charge in [0.25, 0.3) is 0 Å². The Morgan fingerprint density at radius 2 is 2.18 bits per heavy atom. The Kier molecular flexibility index (Phi) is 4.11. The third kappa shape index (κ3) is 4.08. The Labute approximate surface area is 104 Å². The summed E-state index contributed by atoms with van der Waals surface area (Å²) in [6, 6.07) is 0.745. The zero-order chi connectivity index (χ0) is 12.3. The van der Waals surface area contributed by atoms with Crippen LogP contribution in [-0.4, -0.2) is 16.0 Å². The molecule has 0 atom stereocenters. The number of aryl methyl sites for hydroxylation is 2. The first-order valence-electron chi connectivity index (χ1n) is 6.70. The van der Waals surface area contributed by atoms with Crippen molar-refractivity contribution in [3.63, 3.8) is 0 Å². The monoisotopic (exact) mass is 233 g/mol. The van der Waals surface area contributed by atoms with Gasteiger partial charge in [-0.25, -0.2) is 9.97 Å². The Balaban J connectivity index is 1.90. The molecule has 0 aliphatic heterocycles. The highest BCUT2D eigenvalue weighted by Gasteiger charge is 2.20. The summed E-state index contributed by atoms with van der Waals surface area (Å²) in [5.41, 5.74) is 2.37. The van der Waals surface area contributed by atoms with E-state index < -0.39 is 0 Å². The lowest BCUT2D eigenvalue weighted by molar-refractivity contribution is 0.572. The summed E-state index contributed by atoms with van der Waals surface area (Å²) in [4.78, 5) is 9.05. The van der Waals surface area contributed by atoms with Gasteiger partial charge in [-0.15, -0.1) is 0 Å². The number of nitrogens with one attached hydrogen (secondary N) is 1. The molecule has 1 N–H and O–H groups in total. The maximum Gasteiger partial charge on any atom is 0.128 e. The second-order valence-corrected chi connectivity index (χ2v) is 5.48. The van der Waals surface area contributed by atoms with Crippen LogP contribution in [0.25, 0.3) is 0 Å². The van der Waals surface area contributed by atoms with Gasteiger partial charge in [0.15, 0.2) is 0 Å². The van der Waals surface area contributed by atoms with Crippen LogP contribution in [0, 0.1) is 12.8 Å². The van der Waals surface area contributed by atoms with Gasteiger partial charge in [-0.05, 0) is 32.1 Å². The molecule has 0 aromatic carbocycles. The molecule has 17 heavy (non-hydrogen) atoms. The standard InChI is InChI=1S/C14H23N3/c1-10(2)4-7-14-16-9-12(11(3)17-14)8-15-13-5-6-13/h9-10,13,15H,4-8H2,1-3H3. The van der Waals surface area contributed by atoms with Crippen molar-refractivity contribution in [3.05, 3.63) is 23.3 Å². The molecule has 94 valence electrons. The van der Waals surface area contributed by atoms with Crippen molar-refractivity contribution in [2.45, 2.75) is 59.0 Å². The molecule has 0 unspecified atom stereocenters. The predicted molar refractivity (Wildman–Crippen MR) is 69.8 cm³/mol. The number of hydrogen-bond acceptors (Lipinski definition) is 3. The highest BCUT2D eigenvalue weighted by Crippen LogP contribution is 2.19. The van der Waals surface area contributed by atoms with E-state index in [1.54, 1.807) is 0 Å². The minimum atomic E-state index is 0.718. The van der Waals surface area contributed by atoms with E-state index in [-0.39, 0.29) is 0 Å². The average Bonchev–Trinajstić information content (AvgIpc) is 3.09. The van der Waals surface area contributed by atoms with E-state index >= 15 is 0 Å². The maximum absolute atomic E-state index is 4.59. The topological polar surface area (TPSA) is 37.8 Å². The Hall–Kier alpha value is -0.960. The SMILES string of the molecule is Cc1nc(CCC(C)C)ncc1CNC1CC1. The molecular formula is C14H23N3. The Morgan fingerprint density at radius 1 is 1.41 bits per heavy atom. The Morgan fingerprint density at radius 3 is 2.76 bits per heavy atom. The first kappa shape index (κ1) is 12.5. The van der Waals surface area contributed by atoms with Gasteiger partial charge in [-0.3, -0.25) is 0 Å². The van der Waals surface area contributed by atoms with Crippen molar-refractivity contribution in [2.75, 3.05) is 0 Å². The Bertz CT molecular complexity index is 370. The third-order valence-electron chi connectivity index (χ3n) is 3.23. The summed E-state index contributed by atoms with van der Waals surface area (Å²) in [6.45, 7) is 7.48. The van der Waals surface area contributed by atoms with Crippen LogP contribution >= 0.6 is 0 Å². The second kappa shape index (κ2) is 5.58. The molecular weight excluding hydrogens is 210 g/mol. The van der Waals surface area contributed by atoms with Crippen molar-refractivity contribution in [2.24, 2.45) is 5.92 Å². The molecule has 0 spiro atoms. The van der Waals surface area contributed by atoms with Crippen LogP contribution < -0.4 is 5.32 Å². The van der Waals surface area contributed by atoms with Gasteiger partial charge < -0.3 is 5.32 Å². The van der Waals surface area contributed by atoms with E-state index in [9.17, 15) is 0 Å². The van der Waals surface area contributed by atoms with E-state index in [0.717, 1.165) is 36.4 Å². The lowest BCUT2D eigenvalue weighted by atomic mass is 10.1. The quantitative estimate of drug-likeness (QED) is 0.820. The van der Waals surface area contributed by atoms with Gasteiger partial charge in [0.1, 0.15) is 5.82 Å². The zero-order valence-corrected chi connectivity index (χ0v) is 11.2. The molecule has 1 aromatic rings. The van der Waals surface area contributed by atoms with Gasteiger partial charge in [0, 0.05) is 36.5 Å². The van der Waals surface area contributed by atoms with E-state index in [4.69, 9.17) is 0 Å². The molecule has 0 radical (unpaired) electrons. The third-order valence-corrected chi connectivity index (χ3v) is 3.23. The van der Waals surface area contributed by atoms with E-state index in [2.05, 4.69) is 36.1 Å². The fourth-order valence-electron chi connectivity index (χ4n) is 1.79. The van der Waals surface area contributed by atoms with Crippen LogP contribution in [0.4, 0.5) is 0 Å². The molecule has 3 nitrogen and oxygen atoms in total. The van der Waals surface area contributed by atoms with Crippen LogP contribution in [0.3, 0.4) is 0 Å². The van der Waals surface area contributed by atoms with E-state index in [1.807, 2.05) is 6.20 Å². The minimum Gasteiger partial charge on any atom is -0.310 e. The molecule has 1 aliphatic carbocycles. The van der Waals surface area contributed by atoms with Crippen molar-refractivity contribution in [1.29, 1.82) is 0 Å². The predicted octanol–water partition coefficient (Wildman–Crippen LogP) is 2.63. The summed E-state index contributed by atoms with van der Waals surface area (Å²) in [7, 11) is 0. The highest BCUT2D eigenvalue weighted by atomic mass is 15.0. The number of nitrogens with zero attached hydrogens (tertiary/aromatic N) is 2.